The maximum absolute atomic E-state index is 8.15. The molecule has 0 aromatic heterocycles. The highest BCUT2D eigenvalue weighted by Crippen LogP contribution is 2.37. The molecule has 166 valence electrons. The van der Waals surface area contributed by atoms with E-state index in [-0.39, 0.29) is 0 Å². The Hall–Kier alpha value is -3.64. The van der Waals surface area contributed by atoms with Crippen LogP contribution in [0.25, 0.3) is 0 Å². The number of benzene rings is 3. The SMILES string of the molecule is COc1cc(N=Nc2ccc(OC=Nc3ccc(SOOO)cc3)cc2)c(OC)cc1N. The monoisotopic (exact) mass is 456 g/mol. The minimum atomic E-state index is 0.451. The Bertz CT molecular complexity index is 1070. The first-order valence-electron chi connectivity index (χ1n) is 9.10. The molecule has 0 aliphatic heterocycles. The van der Waals surface area contributed by atoms with Gasteiger partial charge in [-0.2, -0.15) is 5.11 Å². The lowest BCUT2D eigenvalue weighted by atomic mass is 10.2. The third-order valence-electron chi connectivity index (χ3n) is 4.03. The van der Waals surface area contributed by atoms with E-state index >= 15 is 0 Å². The first-order chi connectivity index (χ1) is 15.6. The van der Waals surface area contributed by atoms with Crippen LogP contribution in [0.2, 0.25) is 0 Å². The molecular formula is C21H20N4O6S. The van der Waals surface area contributed by atoms with Gasteiger partial charge in [0.05, 0.1) is 43.3 Å². The molecule has 32 heavy (non-hydrogen) atoms. The van der Waals surface area contributed by atoms with Crippen molar-refractivity contribution in [2.75, 3.05) is 20.0 Å². The van der Waals surface area contributed by atoms with E-state index in [1.54, 1.807) is 60.7 Å². The van der Waals surface area contributed by atoms with Crippen molar-refractivity contribution in [3.05, 3.63) is 60.7 Å². The van der Waals surface area contributed by atoms with E-state index in [1.165, 1.54) is 20.6 Å². The molecule has 0 aliphatic carbocycles. The van der Waals surface area contributed by atoms with Crippen LogP contribution in [-0.4, -0.2) is 25.9 Å². The van der Waals surface area contributed by atoms with Gasteiger partial charge in [0.1, 0.15) is 22.9 Å². The molecule has 3 aromatic rings. The van der Waals surface area contributed by atoms with E-state index in [2.05, 4.69) is 24.6 Å². The molecule has 10 nitrogen and oxygen atoms in total. The fourth-order valence-electron chi connectivity index (χ4n) is 2.48. The minimum Gasteiger partial charge on any atom is -0.495 e. The number of nitrogens with zero attached hydrogens (tertiary/aromatic N) is 3. The van der Waals surface area contributed by atoms with Crippen molar-refractivity contribution in [3.8, 4) is 17.2 Å². The van der Waals surface area contributed by atoms with E-state index < -0.39 is 0 Å². The predicted molar refractivity (Wildman–Crippen MR) is 120 cm³/mol. The van der Waals surface area contributed by atoms with E-state index in [9.17, 15) is 0 Å². The standard InChI is InChI=1S/C21H20N4O6S/c1-27-20-12-19(21(28-2)11-18(20)22)25-24-15-3-7-16(8-4-15)29-13-23-14-5-9-17(10-6-14)32-31-30-26/h3-13,26H,22H2,1-2H3. The van der Waals surface area contributed by atoms with Gasteiger partial charge in [-0.25, -0.2) is 10.2 Å². The van der Waals surface area contributed by atoms with Crippen LogP contribution in [0.5, 0.6) is 17.2 Å². The maximum Gasteiger partial charge on any atom is 0.181 e. The summed E-state index contributed by atoms with van der Waals surface area (Å²) in [4.78, 5) is 4.94. The van der Waals surface area contributed by atoms with Gasteiger partial charge in [0.15, 0.2) is 6.40 Å². The molecule has 3 rings (SSSR count). The second kappa shape index (κ2) is 11.7. The molecule has 0 fully saturated rings. The Balaban J connectivity index is 1.60. The number of aliphatic imine (C=N–C) groups is 1. The average Bonchev–Trinajstić information content (AvgIpc) is 2.83. The summed E-state index contributed by atoms with van der Waals surface area (Å²) in [5.74, 6) is 1.56. The zero-order chi connectivity index (χ0) is 22.8. The van der Waals surface area contributed by atoms with Crippen LogP contribution in [0.15, 0.2) is 80.8 Å². The molecule has 3 N–H and O–H groups in total. The molecule has 0 atom stereocenters. The molecule has 0 amide bonds. The molecule has 0 spiro atoms. The number of ether oxygens (including phenoxy) is 3. The van der Waals surface area contributed by atoms with Gasteiger partial charge in [-0.05, 0) is 48.5 Å². The van der Waals surface area contributed by atoms with Crippen LogP contribution >= 0.6 is 12.0 Å². The summed E-state index contributed by atoms with van der Waals surface area (Å²) >= 11 is 0.867. The third-order valence-corrected chi connectivity index (χ3v) is 4.62. The van der Waals surface area contributed by atoms with Gasteiger partial charge in [-0.3, -0.25) is 0 Å². The summed E-state index contributed by atoms with van der Waals surface area (Å²) in [6.07, 6.45) is 1.33. The molecule has 0 saturated heterocycles. The Morgan fingerprint density at radius 2 is 1.56 bits per heavy atom. The van der Waals surface area contributed by atoms with E-state index in [0.29, 0.717) is 40.0 Å². The molecule has 0 saturated carbocycles. The number of rotatable bonds is 10. The lowest BCUT2D eigenvalue weighted by Gasteiger charge is -2.09. The summed E-state index contributed by atoms with van der Waals surface area (Å²) < 4.78 is 20.4. The smallest absolute Gasteiger partial charge is 0.181 e. The normalized spacial score (nSPS) is 11.2. The molecule has 0 aliphatic rings. The van der Waals surface area contributed by atoms with Crippen LogP contribution in [0.4, 0.5) is 22.7 Å². The fraction of sp³-hybridized carbons (Fsp3) is 0.0952. The summed E-state index contributed by atoms with van der Waals surface area (Å²) in [6, 6.07) is 17.3. The lowest BCUT2D eigenvalue weighted by molar-refractivity contribution is -0.432. The van der Waals surface area contributed by atoms with Crippen molar-refractivity contribution in [2.24, 2.45) is 15.2 Å². The summed E-state index contributed by atoms with van der Waals surface area (Å²) in [5, 5.41) is 20.1. The molecule has 0 radical (unpaired) electrons. The van der Waals surface area contributed by atoms with E-state index in [4.69, 9.17) is 25.2 Å². The maximum atomic E-state index is 8.15. The summed E-state index contributed by atoms with van der Waals surface area (Å²) in [5.41, 5.74) is 8.12. The van der Waals surface area contributed by atoms with Crippen molar-refractivity contribution in [3.63, 3.8) is 0 Å². The van der Waals surface area contributed by atoms with Crippen molar-refractivity contribution >= 4 is 41.2 Å². The van der Waals surface area contributed by atoms with Gasteiger partial charge >= 0.3 is 0 Å². The number of nitrogen functional groups attached to an aromatic ring is 1. The van der Waals surface area contributed by atoms with E-state index in [0.717, 1.165) is 16.9 Å². The average molecular weight is 456 g/mol. The Kier molecular flexibility index (Phi) is 8.40. The number of azo groups is 1. The first kappa shape index (κ1) is 23.0. The Morgan fingerprint density at radius 1 is 0.875 bits per heavy atom. The van der Waals surface area contributed by atoms with Gasteiger partial charge in [-0.1, -0.05) is 5.04 Å². The fourth-order valence-corrected chi connectivity index (χ4v) is 2.83. The van der Waals surface area contributed by atoms with Crippen LogP contribution < -0.4 is 19.9 Å². The predicted octanol–water partition coefficient (Wildman–Crippen LogP) is 5.87. The van der Waals surface area contributed by atoms with Crippen LogP contribution in [-0.2, 0) is 9.37 Å². The number of hydrogen-bond donors (Lipinski definition) is 2. The third kappa shape index (κ3) is 6.43. The number of anilines is 1. The molecule has 0 unspecified atom stereocenters. The zero-order valence-corrected chi connectivity index (χ0v) is 18.0. The second-order valence-corrected chi connectivity index (χ2v) is 6.81. The Labute approximate surface area is 188 Å². The summed E-state index contributed by atoms with van der Waals surface area (Å²) in [7, 11) is 3.06. The van der Waals surface area contributed by atoms with Gasteiger partial charge < -0.3 is 19.9 Å². The molecule has 3 aromatic carbocycles. The van der Waals surface area contributed by atoms with Crippen molar-refractivity contribution < 1.29 is 28.8 Å². The number of nitrogens with two attached hydrogens (primary N) is 1. The molecule has 0 bridgehead atoms. The lowest BCUT2D eigenvalue weighted by Crippen LogP contribution is -1.93. The zero-order valence-electron chi connectivity index (χ0n) is 17.2. The van der Waals surface area contributed by atoms with Gasteiger partial charge in [0.25, 0.3) is 0 Å². The van der Waals surface area contributed by atoms with Crippen LogP contribution in [0.1, 0.15) is 0 Å². The van der Waals surface area contributed by atoms with Gasteiger partial charge in [-0.15, -0.1) is 9.45 Å². The highest BCUT2D eigenvalue weighted by atomic mass is 32.2. The van der Waals surface area contributed by atoms with Crippen LogP contribution in [0.3, 0.4) is 0 Å². The van der Waals surface area contributed by atoms with Crippen molar-refractivity contribution in [1.29, 1.82) is 0 Å². The summed E-state index contributed by atoms with van der Waals surface area (Å²) in [6.45, 7) is 0. The minimum absolute atomic E-state index is 0.451. The highest BCUT2D eigenvalue weighted by Gasteiger charge is 2.08. The highest BCUT2D eigenvalue weighted by molar-refractivity contribution is 7.94. The topological polar surface area (TPSA) is 129 Å². The van der Waals surface area contributed by atoms with Gasteiger partial charge in [0, 0.05) is 17.0 Å². The molecular weight excluding hydrogens is 436 g/mol. The number of hydrogen-bond acceptors (Lipinski definition) is 11. The second-order valence-electron chi connectivity index (χ2n) is 6.03. The van der Waals surface area contributed by atoms with Crippen molar-refractivity contribution in [1.82, 2.24) is 0 Å². The molecule has 11 heteroatoms. The van der Waals surface area contributed by atoms with Crippen molar-refractivity contribution in [2.45, 2.75) is 4.90 Å². The quantitative estimate of drug-likeness (QED) is 0.0737. The van der Waals surface area contributed by atoms with Crippen LogP contribution in [0, 0.1) is 0 Å². The first-order valence-corrected chi connectivity index (χ1v) is 9.84. The van der Waals surface area contributed by atoms with Gasteiger partial charge in [0.2, 0.25) is 0 Å². The van der Waals surface area contributed by atoms with E-state index in [1.807, 2.05) is 0 Å². The Morgan fingerprint density at radius 3 is 2.22 bits per heavy atom. The largest absolute Gasteiger partial charge is 0.495 e. The molecule has 0 heterocycles. The number of methoxy groups -OCH3 is 2.